The second-order valence-corrected chi connectivity index (χ2v) is 16.8. The third kappa shape index (κ3) is 6.46. The molecule has 14 heteroatoms. The fraction of sp³-hybridized carbons (Fsp3) is 0.0714. The molecule has 0 radical (unpaired) electrons. The predicted octanol–water partition coefficient (Wildman–Crippen LogP) is 8.57. The predicted molar refractivity (Wildman–Crippen MR) is 256 cm³/mol. The molecule has 0 fully saturated rings. The molecule has 12 nitrogen and oxygen atoms in total. The maximum absolute atomic E-state index is 4.60. The van der Waals surface area contributed by atoms with Gasteiger partial charge in [0.15, 0.2) is 14.1 Å². The second kappa shape index (κ2) is 17.5. The van der Waals surface area contributed by atoms with Crippen molar-refractivity contribution in [3.8, 4) is 22.3 Å². The Morgan fingerprint density at radius 2 is 0.900 bits per heavy atom. The van der Waals surface area contributed by atoms with Gasteiger partial charge in [-0.3, -0.25) is 9.97 Å². The number of aromatic nitrogens is 8. The molecule has 0 spiro atoms. The van der Waals surface area contributed by atoms with Gasteiger partial charge in [0.05, 0.1) is 10.8 Å². The summed E-state index contributed by atoms with van der Waals surface area (Å²) in [4.78, 5) is 18.2. The van der Waals surface area contributed by atoms with E-state index in [9.17, 15) is 0 Å². The van der Waals surface area contributed by atoms with Crippen LogP contribution in [0.1, 0.15) is 44.8 Å². The summed E-state index contributed by atoms with van der Waals surface area (Å²) < 4.78 is 7.80. The van der Waals surface area contributed by atoms with Crippen molar-refractivity contribution in [1.82, 2.24) is 49.5 Å². The molecule has 70 heavy (non-hydrogen) atoms. The fourth-order valence-corrected chi connectivity index (χ4v) is 10.6. The molecule has 2 aliphatic heterocycles. The van der Waals surface area contributed by atoms with Crippen LogP contribution >= 0.6 is 0 Å². The maximum Gasteiger partial charge on any atom is 2.00 e. The number of nitrogens with zero attached hydrogens (tertiary/aromatic N) is 12. The van der Waals surface area contributed by atoms with E-state index in [0.717, 1.165) is 90.3 Å². The standard InChI is InChI=1S/2C28H18N6.2Pt/c2*1-33-18-34(27-25(33)10-5-13-30-27)20-7-4-6-19(16-20)28(26-12-15-31-32-26)23-9-3-2-8-21(23)22-11-14-29-17-24(22)28;;/h2*2-15,17H,1H3;;/q;;2*+2. The van der Waals surface area contributed by atoms with Crippen LogP contribution in [0.3, 0.4) is 0 Å². The van der Waals surface area contributed by atoms with E-state index in [2.05, 4.69) is 149 Å². The summed E-state index contributed by atoms with van der Waals surface area (Å²) in [5, 5.41) is 17.5. The van der Waals surface area contributed by atoms with E-state index >= 15 is 0 Å². The fourth-order valence-electron chi connectivity index (χ4n) is 10.6. The Kier molecular flexibility index (Phi) is 11.2. The molecule has 6 aromatic heterocycles. The minimum absolute atomic E-state index is 0. The molecule has 10 aromatic rings. The first-order chi connectivity index (χ1) is 33.6. The van der Waals surface area contributed by atoms with Crippen LogP contribution in [0, 0.1) is 12.1 Å². The van der Waals surface area contributed by atoms with Crippen LogP contribution in [0.15, 0.2) is 183 Å². The Bertz CT molecular complexity index is 3490. The van der Waals surface area contributed by atoms with Gasteiger partial charge in [-0.25, -0.2) is 0 Å². The van der Waals surface area contributed by atoms with Gasteiger partial charge in [-0.15, -0.1) is 23.3 Å². The number of fused-ring (bicyclic) bond motifs is 8. The molecule has 2 unspecified atom stereocenters. The Morgan fingerprint density at radius 3 is 1.34 bits per heavy atom. The van der Waals surface area contributed by atoms with Crippen molar-refractivity contribution < 1.29 is 51.3 Å². The molecule has 0 amide bonds. The number of pyridine rings is 4. The average Bonchev–Trinajstić information content (AvgIpc) is 4.28. The first kappa shape index (κ1) is 44.5. The van der Waals surface area contributed by atoms with Crippen molar-refractivity contribution in [3.63, 3.8) is 0 Å². The quantitative estimate of drug-likeness (QED) is 0.120. The van der Waals surface area contributed by atoms with Gasteiger partial charge in [-0.05, 0) is 68.8 Å². The summed E-state index contributed by atoms with van der Waals surface area (Å²) >= 11 is 0. The summed E-state index contributed by atoms with van der Waals surface area (Å²) in [6.07, 6.45) is 14.7. The van der Waals surface area contributed by atoms with Crippen molar-refractivity contribution in [2.75, 3.05) is 14.1 Å². The van der Waals surface area contributed by atoms with Crippen LogP contribution in [-0.4, -0.2) is 65.4 Å². The minimum atomic E-state index is -0.675. The van der Waals surface area contributed by atoms with E-state index < -0.39 is 10.8 Å². The van der Waals surface area contributed by atoms with Crippen LogP contribution in [0.2, 0.25) is 0 Å². The first-order valence-corrected chi connectivity index (χ1v) is 22.1. The zero-order valence-corrected chi connectivity index (χ0v) is 41.9. The molecular formula is C56H36N12Pt2+4. The smallest absolute Gasteiger partial charge is 0.581 e. The molecule has 0 bridgehead atoms. The summed E-state index contributed by atoms with van der Waals surface area (Å²) in [6.45, 7) is 0. The van der Waals surface area contributed by atoms with Crippen LogP contribution in [0.25, 0.3) is 22.3 Å². The largest absolute Gasteiger partial charge is 2.00 e. The Labute approximate surface area is 431 Å². The molecule has 0 saturated heterocycles. The minimum Gasteiger partial charge on any atom is -0.581 e. The topological polar surface area (TPSA) is 118 Å². The molecule has 4 aromatic carbocycles. The molecular weight excluding hydrogens is 1230 g/mol. The van der Waals surface area contributed by atoms with Crippen LogP contribution < -0.4 is 19.3 Å². The van der Waals surface area contributed by atoms with Crippen LogP contribution in [0.5, 0.6) is 0 Å². The average molecular weight is 1270 g/mol. The Morgan fingerprint density at radius 1 is 0.457 bits per heavy atom. The number of hydrogen-bond acceptors (Lipinski definition) is 6. The number of hydrogen-bond donors (Lipinski definition) is 0. The van der Waals surface area contributed by atoms with Gasteiger partial charge in [-0.1, -0.05) is 91.1 Å². The van der Waals surface area contributed by atoms with E-state index in [1.807, 2.05) is 106 Å². The van der Waals surface area contributed by atoms with Gasteiger partial charge in [0.1, 0.15) is 11.4 Å². The van der Waals surface area contributed by atoms with E-state index in [1.54, 1.807) is 24.8 Å². The van der Waals surface area contributed by atoms with Crippen LogP contribution in [0.4, 0.5) is 34.4 Å². The van der Waals surface area contributed by atoms with Crippen molar-refractivity contribution >= 4 is 46.4 Å². The van der Waals surface area contributed by atoms with Crippen molar-refractivity contribution in [2.24, 2.45) is 0 Å². The second-order valence-electron chi connectivity index (χ2n) is 16.8. The molecule has 4 aliphatic rings. The third-order valence-electron chi connectivity index (χ3n) is 13.4. The van der Waals surface area contributed by atoms with Gasteiger partial charge in [0, 0.05) is 60.7 Å². The van der Waals surface area contributed by atoms with Gasteiger partial charge < -0.3 is 20.4 Å². The summed E-state index contributed by atoms with van der Waals surface area (Å²) in [5.41, 5.74) is 15.1. The van der Waals surface area contributed by atoms with E-state index in [1.165, 1.54) is 11.1 Å². The van der Waals surface area contributed by atoms with Gasteiger partial charge in [0.2, 0.25) is 0 Å². The normalized spacial score (nSPS) is 17.1. The first-order valence-electron chi connectivity index (χ1n) is 22.1. The molecule has 0 N–H and O–H groups in total. The monoisotopic (exact) mass is 1270 g/mol. The zero-order valence-electron chi connectivity index (χ0n) is 37.3. The van der Waals surface area contributed by atoms with E-state index in [0.29, 0.717) is 0 Å². The summed E-state index contributed by atoms with van der Waals surface area (Å²) in [6, 6.07) is 59.5. The molecule has 336 valence electrons. The van der Waals surface area contributed by atoms with E-state index in [4.69, 9.17) is 0 Å². The van der Waals surface area contributed by atoms with Gasteiger partial charge in [-0.2, -0.15) is 46.6 Å². The molecule has 0 saturated carbocycles. The summed E-state index contributed by atoms with van der Waals surface area (Å²) in [7, 11) is 3.95. The maximum atomic E-state index is 4.60. The van der Waals surface area contributed by atoms with Crippen LogP contribution in [-0.2, 0) is 53.0 Å². The van der Waals surface area contributed by atoms with Crippen molar-refractivity contribution in [1.29, 1.82) is 0 Å². The Balaban J connectivity index is 0.000000148. The molecule has 2 aliphatic carbocycles. The molecule has 14 rings (SSSR count). The van der Waals surface area contributed by atoms with E-state index in [-0.39, 0.29) is 42.1 Å². The number of rotatable bonds is 6. The van der Waals surface area contributed by atoms with Crippen molar-refractivity contribution in [2.45, 2.75) is 10.8 Å². The number of benzene rings is 4. The molecule has 2 atom stereocenters. The SMILES string of the molecule is C[N+]1=C=[N+](c2[c-]c(C3(c4cc[n-]n4)c4ccccc4-c4ccncc43)ccc2)c2ncccc21.C[N+]1=C=[N+](c2[c-]c(C3(c4cc[n-]n4)c4ccccc4-c4ccncc43)ccc2)c2ncccc21.[Pt+2].[Pt+2]. The zero-order chi connectivity index (χ0) is 45.4. The van der Waals surface area contributed by atoms with Gasteiger partial charge >= 0.3 is 77.2 Å². The third-order valence-corrected chi connectivity index (χ3v) is 13.4. The molecule has 8 heterocycles. The summed E-state index contributed by atoms with van der Waals surface area (Å²) in [5.74, 6) is 1.66. The van der Waals surface area contributed by atoms with Gasteiger partial charge in [0.25, 0.3) is 0 Å². The Hall–Kier alpha value is -7.96. The van der Waals surface area contributed by atoms with Crippen molar-refractivity contribution in [3.05, 3.63) is 240 Å².